The summed E-state index contributed by atoms with van der Waals surface area (Å²) in [5.74, 6) is 0.0705. The fraction of sp³-hybridized carbons (Fsp3) is 0.133. The molecule has 3 heteroatoms. The summed E-state index contributed by atoms with van der Waals surface area (Å²) < 4.78 is 0. The zero-order valence-electron chi connectivity index (χ0n) is 9.97. The van der Waals surface area contributed by atoms with Crippen molar-refractivity contribution in [2.75, 3.05) is 5.73 Å². The summed E-state index contributed by atoms with van der Waals surface area (Å²) in [6.07, 6.45) is 0. The van der Waals surface area contributed by atoms with Gasteiger partial charge >= 0.3 is 0 Å². The standard InChI is InChI=1S/C15H14N2O/c16-14-8-4-7-12-13(14)10-17(15(12)18)9-11-5-2-1-3-6-11/h1-8H,9-10,16H2. The lowest BCUT2D eigenvalue weighted by Crippen LogP contribution is -2.23. The Labute approximate surface area is 106 Å². The maximum Gasteiger partial charge on any atom is 0.254 e. The molecule has 0 unspecified atom stereocenters. The fourth-order valence-corrected chi connectivity index (χ4v) is 2.35. The smallest absolute Gasteiger partial charge is 0.254 e. The minimum atomic E-state index is 0.0705. The molecule has 18 heavy (non-hydrogen) atoms. The fourth-order valence-electron chi connectivity index (χ4n) is 2.35. The lowest BCUT2D eigenvalue weighted by atomic mass is 10.1. The number of carbonyl (C=O) groups is 1. The molecule has 2 N–H and O–H groups in total. The van der Waals surface area contributed by atoms with Crippen LogP contribution in [0.3, 0.4) is 0 Å². The highest BCUT2D eigenvalue weighted by molar-refractivity contribution is 5.99. The molecular weight excluding hydrogens is 224 g/mol. The molecule has 0 saturated carbocycles. The Balaban J connectivity index is 1.87. The SMILES string of the molecule is Nc1cccc2c1CN(Cc1ccccc1)C2=O. The van der Waals surface area contributed by atoms with Crippen LogP contribution in [0.1, 0.15) is 21.5 Å². The Kier molecular flexibility index (Phi) is 2.52. The first kappa shape index (κ1) is 10.8. The van der Waals surface area contributed by atoms with Crippen LogP contribution in [0, 0.1) is 0 Å². The number of nitrogens with zero attached hydrogens (tertiary/aromatic N) is 1. The van der Waals surface area contributed by atoms with Crippen molar-refractivity contribution in [1.82, 2.24) is 4.90 Å². The first-order valence-electron chi connectivity index (χ1n) is 5.96. The third-order valence-electron chi connectivity index (χ3n) is 3.30. The van der Waals surface area contributed by atoms with Crippen molar-refractivity contribution in [3.8, 4) is 0 Å². The predicted molar refractivity (Wildman–Crippen MR) is 70.9 cm³/mol. The van der Waals surface area contributed by atoms with Crippen molar-refractivity contribution in [3.63, 3.8) is 0 Å². The first-order valence-corrected chi connectivity index (χ1v) is 5.96. The number of hydrogen-bond donors (Lipinski definition) is 1. The van der Waals surface area contributed by atoms with E-state index in [1.54, 1.807) is 0 Å². The number of benzene rings is 2. The highest BCUT2D eigenvalue weighted by atomic mass is 16.2. The zero-order valence-corrected chi connectivity index (χ0v) is 9.97. The Morgan fingerprint density at radius 2 is 1.83 bits per heavy atom. The maximum absolute atomic E-state index is 12.2. The molecule has 90 valence electrons. The number of anilines is 1. The van der Waals surface area contributed by atoms with E-state index < -0.39 is 0 Å². The van der Waals surface area contributed by atoms with E-state index in [0.717, 1.165) is 16.7 Å². The number of rotatable bonds is 2. The van der Waals surface area contributed by atoms with Gasteiger partial charge in [-0.3, -0.25) is 4.79 Å². The highest BCUT2D eigenvalue weighted by Gasteiger charge is 2.28. The molecule has 0 aromatic heterocycles. The molecule has 0 aliphatic carbocycles. The van der Waals surface area contributed by atoms with E-state index in [-0.39, 0.29) is 5.91 Å². The van der Waals surface area contributed by atoms with Crippen molar-refractivity contribution in [2.24, 2.45) is 0 Å². The van der Waals surface area contributed by atoms with Gasteiger partial charge in [0, 0.05) is 29.9 Å². The lowest BCUT2D eigenvalue weighted by Gasteiger charge is -2.15. The summed E-state index contributed by atoms with van der Waals surface area (Å²) in [5, 5.41) is 0. The number of hydrogen-bond acceptors (Lipinski definition) is 2. The first-order chi connectivity index (χ1) is 8.75. The van der Waals surface area contributed by atoms with E-state index in [0.29, 0.717) is 18.8 Å². The summed E-state index contributed by atoms with van der Waals surface area (Å²) in [6, 6.07) is 15.5. The summed E-state index contributed by atoms with van der Waals surface area (Å²) >= 11 is 0. The molecule has 0 saturated heterocycles. The van der Waals surface area contributed by atoms with Crippen LogP contribution in [0.15, 0.2) is 48.5 Å². The van der Waals surface area contributed by atoms with Crippen LogP contribution in [0.2, 0.25) is 0 Å². The Bertz CT molecular complexity index is 593. The molecular formula is C15H14N2O. The molecule has 3 nitrogen and oxygen atoms in total. The van der Waals surface area contributed by atoms with E-state index >= 15 is 0 Å². The van der Waals surface area contributed by atoms with Crippen LogP contribution < -0.4 is 5.73 Å². The van der Waals surface area contributed by atoms with Gasteiger partial charge in [0.05, 0.1) is 0 Å². The second kappa shape index (κ2) is 4.18. The van der Waals surface area contributed by atoms with E-state index in [1.807, 2.05) is 53.4 Å². The summed E-state index contributed by atoms with van der Waals surface area (Å²) in [5.41, 5.74) is 9.45. The highest BCUT2D eigenvalue weighted by Crippen LogP contribution is 2.28. The minimum absolute atomic E-state index is 0.0705. The van der Waals surface area contributed by atoms with Crippen LogP contribution in [0.5, 0.6) is 0 Å². The topological polar surface area (TPSA) is 46.3 Å². The Morgan fingerprint density at radius 1 is 1.06 bits per heavy atom. The number of amides is 1. The molecule has 0 atom stereocenters. The number of carbonyl (C=O) groups excluding carboxylic acids is 1. The molecule has 0 bridgehead atoms. The van der Waals surface area contributed by atoms with Crippen molar-refractivity contribution in [3.05, 3.63) is 65.2 Å². The summed E-state index contributed by atoms with van der Waals surface area (Å²) in [6.45, 7) is 1.24. The van der Waals surface area contributed by atoms with Crippen molar-refractivity contribution < 1.29 is 4.79 Å². The van der Waals surface area contributed by atoms with Gasteiger partial charge in [0.15, 0.2) is 0 Å². The van der Waals surface area contributed by atoms with Crippen molar-refractivity contribution in [1.29, 1.82) is 0 Å². The second-order valence-corrected chi connectivity index (χ2v) is 4.52. The summed E-state index contributed by atoms with van der Waals surface area (Å²) in [7, 11) is 0. The quantitative estimate of drug-likeness (QED) is 0.817. The van der Waals surface area contributed by atoms with Crippen LogP contribution in [-0.4, -0.2) is 10.8 Å². The summed E-state index contributed by atoms with van der Waals surface area (Å²) in [4.78, 5) is 14.1. The molecule has 0 radical (unpaired) electrons. The monoisotopic (exact) mass is 238 g/mol. The van der Waals surface area contributed by atoms with Crippen molar-refractivity contribution in [2.45, 2.75) is 13.1 Å². The van der Waals surface area contributed by atoms with Crippen LogP contribution in [0.4, 0.5) is 5.69 Å². The van der Waals surface area contributed by atoms with Crippen LogP contribution >= 0.6 is 0 Å². The van der Waals surface area contributed by atoms with Gasteiger partial charge in [0.2, 0.25) is 0 Å². The molecule has 3 rings (SSSR count). The van der Waals surface area contributed by atoms with Gasteiger partial charge < -0.3 is 10.6 Å². The molecule has 2 aromatic rings. The second-order valence-electron chi connectivity index (χ2n) is 4.52. The van der Waals surface area contributed by atoms with E-state index in [1.165, 1.54) is 0 Å². The van der Waals surface area contributed by atoms with Crippen LogP contribution in [-0.2, 0) is 13.1 Å². The average molecular weight is 238 g/mol. The van der Waals surface area contributed by atoms with E-state index in [4.69, 9.17) is 5.73 Å². The molecule has 1 aliphatic rings. The van der Waals surface area contributed by atoms with Gasteiger partial charge in [-0.1, -0.05) is 36.4 Å². The number of nitrogen functional groups attached to an aromatic ring is 1. The van der Waals surface area contributed by atoms with Gasteiger partial charge in [-0.05, 0) is 17.7 Å². The zero-order chi connectivity index (χ0) is 12.5. The van der Waals surface area contributed by atoms with E-state index in [2.05, 4.69) is 0 Å². The van der Waals surface area contributed by atoms with Crippen molar-refractivity contribution >= 4 is 11.6 Å². The number of nitrogens with two attached hydrogens (primary N) is 1. The van der Waals surface area contributed by atoms with Gasteiger partial charge in [-0.2, -0.15) is 0 Å². The van der Waals surface area contributed by atoms with Gasteiger partial charge in [0.1, 0.15) is 0 Å². The van der Waals surface area contributed by atoms with Gasteiger partial charge in [-0.25, -0.2) is 0 Å². The average Bonchev–Trinajstić information content (AvgIpc) is 2.70. The van der Waals surface area contributed by atoms with Crippen LogP contribution in [0.25, 0.3) is 0 Å². The Hall–Kier alpha value is -2.29. The molecule has 0 spiro atoms. The van der Waals surface area contributed by atoms with Gasteiger partial charge in [-0.15, -0.1) is 0 Å². The van der Waals surface area contributed by atoms with Gasteiger partial charge in [0.25, 0.3) is 5.91 Å². The third kappa shape index (κ3) is 1.74. The minimum Gasteiger partial charge on any atom is -0.398 e. The lowest BCUT2D eigenvalue weighted by molar-refractivity contribution is 0.0767. The molecule has 1 heterocycles. The Morgan fingerprint density at radius 3 is 2.56 bits per heavy atom. The maximum atomic E-state index is 12.2. The van der Waals surface area contributed by atoms with E-state index in [9.17, 15) is 4.79 Å². The third-order valence-corrected chi connectivity index (χ3v) is 3.30. The molecule has 0 fully saturated rings. The molecule has 1 amide bonds. The molecule has 2 aromatic carbocycles. The molecule has 1 aliphatic heterocycles. The predicted octanol–water partition coefficient (Wildman–Crippen LogP) is 2.42. The number of fused-ring (bicyclic) bond motifs is 1. The normalized spacial score (nSPS) is 13.8. The largest absolute Gasteiger partial charge is 0.398 e.